The molecule has 0 radical (unpaired) electrons. The third kappa shape index (κ3) is 2.93. The molecule has 1 saturated carbocycles. The Bertz CT molecular complexity index is 726. The molecule has 1 aliphatic carbocycles. The van der Waals surface area contributed by atoms with Gasteiger partial charge >= 0.3 is 5.97 Å². The molecule has 0 atom stereocenters. The summed E-state index contributed by atoms with van der Waals surface area (Å²) >= 11 is 0. The molecular weight excluding hydrogens is 316 g/mol. The van der Waals surface area contributed by atoms with Crippen molar-refractivity contribution in [2.45, 2.75) is 31.7 Å². The first-order chi connectivity index (χ1) is 11.6. The van der Waals surface area contributed by atoms with Gasteiger partial charge in [-0.15, -0.1) is 0 Å². The Morgan fingerprint density at radius 1 is 1.25 bits per heavy atom. The van der Waals surface area contributed by atoms with Crippen LogP contribution in [0.1, 0.15) is 42.1 Å². The van der Waals surface area contributed by atoms with Gasteiger partial charge in [-0.1, -0.05) is 6.07 Å². The maximum Gasteiger partial charge on any atom is 0.341 e. The van der Waals surface area contributed by atoms with Crippen molar-refractivity contribution < 1.29 is 18.3 Å². The topological polar surface area (TPSA) is 64.1 Å². The number of ether oxygens (including phenoxy) is 1. The summed E-state index contributed by atoms with van der Waals surface area (Å²) in [4.78, 5) is 19.7. The number of hydrogen-bond acceptors (Lipinski definition) is 5. The summed E-state index contributed by atoms with van der Waals surface area (Å²) in [6.45, 7) is 1.96. The second kappa shape index (κ2) is 6.51. The third-order valence-corrected chi connectivity index (χ3v) is 4.16. The molecule has 2 aromatic rings. The monoisotopic (exact) mass is 333 g/mol. The second-order valence-electron chi connectivity index (χ2n) is 5.67. The maximum atomic E-state index is 14.1. The fourth-order valence-corrected chi connectivity index (χ4v) is 2.85. The molecular formula is C17H17F2N3O2. The summed E-state index contributed by atoms with van der Waals surface area (Å²) in [5.41, 5.74) is -0.627. The van der Waals surface area contributed by atoms with Crippen molar-refractivity contribution in [1.82, 2.24) is 9.97 Å². The average Bonchev–Trinajstić information content (AvgIpc) is 2.53. The molecule has 0 aliphatic heterocycles. The fraction of sp³-hybridized carbons (Fsp3) is 0.353. The highest BCUT2D eigenvalue weighted by Gasteiger charge is 2.43. The number of nitrogens with one attached hydrogen (secondary N) is 1. The highest BCUT2D eigenvalue weighted by Crippen LogP contribution is 2.45. The molecule has 24 heavy (non-hydrogen) atoms. The normalized spacial score (nSPS) is 15.5. The van der Waals surface area contributed by atoms with E-state index in [1.807, 2.05) is 0 Å². The fourth-order valence-electron chi connectivity index (χ4n) is 2.85. The zero-order valence-corrected chi connectivity index (χ0v) is 13.2. The number of anilines is 1. The lowest BCUT2D eigenvalue weighted by atomic mass is 9.71. The van der Waals surface area contributed by atoms with Crippen LogP contribution in [0.25, 0.3) is 0 Å². The molecule has 3 rings (SSSR count). The van der Waals surface area contributed by atoms with Gasteiger partial charge in [-0.2, -0.15) is 0 Å². The highest BCUT2D eigenvalue weighted by atomic mass is 19.1. The molecule has 1 N–H and O–H groups in total. The molecule has 5 nitrogen and oxygen atoms in total. The van der Waals surface area contributed by atoms with Crippen LogP contribution in [0.3, 0.4) is 0 Å². The molecule has 1 fully saturated rings. The molecule has 1 aliphatic rings. The molecule has 1 aromatic carbocycles. The smallest absolute Gasteiger partial charge is 0.341 e. The number of benzene rings is 1. The molecule has 0 spiro atoms. The van der Waals surface area contributed by atoms with Gasteiger partial charge in [0, 0.05) is 18.0 Å². The zero-order valence-electron chi connectivity index (χ0n) is 13.2. The van der Waals surface area contributed by atoms with E-state index in [4.69, 9.17) is 4.74 Å². The van der Waals surface area contributed by atoms with Gasteiger partial charge in [0.25, 0.3) is 0 Å². The van der Waals surface area contributed by atoms with Gasteiger partial charge in [0.15, 0.2) is 0 Å². The van der Waals surface area contributed by atoms with Crippen LogP contribution in [0.4, 0.5) is 14.7 Å². The summed E-state index contributed by atoms with van der Waals surface area (Å²) in [6, 6.07) is 3.82. The lowest BCUT2D eigenvalue weighted by molar-refractivity contribution is 0.0525. The van der Waals surface area contributed by atoms with Crippen molar-refractivity contribution in [2.24, 2.45) is 0 Å². The highest BCUT2D eigenvalue weighted by molar-refractivity contribution is 5.88. The van der Waals surface area contributed by atoms with Crippen LogP contribution < -0.4 is 5.32 Å². The standard InChI is InChI=1S/C17H17F2N3O2/c1-2-24-15(23)11-9-20-16(21-10-11)22-17(7-4-8-17)14-12(18)5-3-6-13(14)19/h3,5-6,9-10H,2,4,7-8H2,1H3,(H,20,21,22). The maximum absolute atomic E-state index is 14.1. The largest absolute Gasteiger partial charge is 0.462 e. The number of rotatable bonds is 5. The van der Waals surface area contributed by atoms with Crippen molar-refractivity contribution >= 4 is 11.9 Å². The van der Waals surface area contributed by atoms with Gasteiger partial charge in [0.05, 0.1) is 17.7 Å². The number of carbonyl (C=O) groups excluding carboxylic acids is 1. The van der Waals surface area contributed by atoms with Gasteiger partial charge in [0.1, 0.15) is 11.6 Å². The lowest BCUT2D eigenvalue weighted by Gasteiger charge is -2.43. The first kappa shape index (κ1) is 16.3. The van der Waals surface area contributed by atoms with Crippen LogP contribution in [-0.2, 0) is 10.3 Å². The molecule has 1 heterocycles. The Labute approximate surface area is 138 Å². The van der Waals surface area contributed by atoms with E-state index >= 15 is 0 Å². The molecule has 7 heteroatoms. The van der Waals surface area contributed by atoms with Crippen molar-refractivity contribution in [3.05, 3.63) is 53.4 Å². The summed E-state index contributed by atoms with van der Waals surface area (Å²) in [7, 11) is 0. The van der Waals surface area contributed by atoms with Crippen molar-refractivity contribution in [1.29, 1.82) is 0 Å². The van der Waals surface area contributed by atoms with Gasteiger partial charge in [0.2, 0.25) is 5.95 Å². The third-order valence-electron chi connectivity index (χ3n) is 4.16. The molecule has 0 unspecified atom stereocenters. The number of hydrogen-bond donors (Lipinski definition) is 1. The number of nitrogens with zero attached hydrogens (tertiary/aromatic N) is 2. The molecule has 1 aromatic heterocycles. The number of esters is 1. The molecule has 126 valence electrons. The molecule has 0 bridgehead atoms. The number of aromatic nitrogens is 2. The van der Waals surface area contributed by atoms with Gasteiger partial charge in [-0.05, 0) is 38.3 Å². The first-order valence-electron chi connectivity index (χ1n) is 7.77. The predicted molar refractivity (Wildman–Crippen MR) is 83.5 cm³/mol. The van der Waals surface area contributed by atoms with Gasteiger partial charge in [-0.25, -0.2) is 23.5 Å². The number of halogens is 2. The Morgan fingerprint density at radius 2 is 1.88 bits per heavy atom. The van der Waals surface area contributed by atoms with Crippen LogP contribution in [-0.4, -0.2) is 22.5 Å². The Morgan fingerprint density at radius 3 is 2.38 bits per heavy atom. The van der Waals surface area contributed by atoms with E-state index in [1.165, 1.54) is 30.6 Å². The van der Waals surface area contributed by atoms with Crippen LogP contribution in [0.2, 0.25) is 0 Å². The lowest BCUT2D eigenvalue weighted by Crippen LogP contribution is -2.44. The Hall–Kier alpha value is -2.57. The predicted octanol–water partition coefficient (Wildman–Crippen LogP) is 3.42. The van der Waals surface area contributed by atoms with Crippen LogP contribution >= 0.6 is 0 Å². The summed E-state index contributed by atoms with van der Waals surface area (Å²) in [6.07, 6.45) is 4.66. The van der Waals surface area contributed by atoms with E-state index in [9.17, 15) is 13.6 Å². The summed E-state index contributed by atoms with van der Waals surface area (Å²) < 4.78 is 33.1. The zero-order chi connectivity index (χ0) is 17.2. The second-order valence-corrected chi connectivity index (χ2v) is 5.67. The average molecular weight is 333 g/mol. The van der Waals surface area contributed by atoms with Gasteiger partial charge < -0.3 is 10.1 Å². The van der Waals surface area contributed by atoms with Gasteiger partial charge in [-0.3, -0.25) is 0 Å². The van der Waals surface area contributed by atoms with Crippen molar-refractivity contribution in [3.8, 4) is 0 Å². The minimum Gasteiger partial charge on any atom is -0.462 e. The van der Waals surface area contributed by atoms with E-state index in [2.05, 4.69) is 15.3 Å². The minimum absolute atomic E-state index is 0.00863. The van der Waals surface area contributed by atoms with Crippen molar-refractivity contribution in [2.75, 3.05) is 11.9 Å². The number of carbonyl (C=O) groups is 1. The SMILES string of the molecule is CCOC(=O)c1cnc(NC2(c3c(F)cccc3F)CCC2)nc1. The summed E-state index contributed by atoms with van der Waals surface area (Å²) in [5.74, 6) is -1.48. The Kier molecular flexibility index (Phi) is 4.42. The Balaban J connectivity index is 1.85. The van der Waals surface area contributed by atoms with E-state index in [0.29, 0.717) is 12.8 Å². The van der Waals surface area contributed by atoms with E-state index in [-0.39, 0.29) is 23.7 Å². The van der Waals surface area contributed by atoms with Crippen LogP contribution in [0.15, 0.2) is 30.6 Å². The summed E-state index contributed by atoms with van der Waals surface area (Å²) in [5, 5.41) is 3.03. The molecule has 0 saturated heterocycles. The van der Waals surface area contributed by atoms with E-state index in [0.717, 1.165) is 6.42 Å². The van der Waals surface area contributed by atoms with Crippen LogP contribution in [0, 0.1) is 11.6 Å². The van der Waals surface area contributed by atoms with Crippen molar-refractivity contribution in [3.63, 3.8) is 0 Å². The van der Waals surface area contributed by atoms with E-state index < -0.39 is 23.1 Å². The quantitative estimate of drug-likeness (QED) is 0.850. The molecule has 0 amide bonds. The first-order valence-corrected chi connectivity index (χ1v) is 7.77. The minimum atomic E-state index is -0.860. The van der Waals surface area contributed by atoms with E-state index in [1.54, 1.807) is 6.92 Å². The van der Waals surface area contributed by atoms with Crippen LogP contribution in [0.5, 0.6) is 0 Å².